The van der Waals surface area contributed by atoms with Crippen LogP contribution in [0.1, 0.15) is 13.8 Å². The van der Waals surface area contributed by atoms with Crippen molar-refractivity contribution in [3.63, 3.8) is 0 Å². The van der Waals surface area contributed by atoms with Crippen LogP contribution in [0.25, 0.3) is 27.8 Å². The Morgan fingerprint density at radius 1 is 1.06 bits per heavy atom. The van der Waals surface area contributed by atoms with Crippen molar-refractivity contribution in [2.24, 2.45) is 0 Å². The Kier molecular flexibility index (Phi) is 7.47. The molecule has 0 radical (unpaired) electrons. The normalized spacial score (nSPS) is 10.7. The van der Waals surface area contributed by atoms with Crippen molar-refractivity contribution in [1.82, 2.24) is 29.5 Å². The lowest BCUT2D eigenvalue weighted by Gasteiger charge is -2.12. The van der Waals surface area contributed by atoms with Gasteiger partial charge in [-0.3, -0.25) is 4.40 Å². The lowest BCUT2D eigenvalue weighted by Crippen LogP contribution is -2.01. The molecule has 0 fully saturated rings. The summed E-state index contributed by atoms with van der Waals surface area (Å²) >= 11 is 7.31. The first-order valence-electron chi connectivity index (χ1n) is 10.7. The van der Waals surface area contributed by atoms with E-state index in [-0.39, 0.29) is 0 Å². The number of hydrogen-bond acceptors (Lipinski definition) is 9. The Morgan fingerprint density at radius 3 is 2.66 bits per heavy atom. The molecular weight excluding hydrogens is 491 g/mol. The maximum Gasteiger partial charge on any atom is 0.228 e. The fourth-order valence-corrected chi connectivity index (χ4v) is 4.32. The molecule has 2 N–H and O–H groups in total. The van der Waals surface area contributed by atoms with Gasteiger partial charge in [0.05, 0.1) is 17.0 Å². The highest BCUT2D eigenvalue weighted by molar-refractivity contribution is 8.00. The molecule has 0 bridgehead atoms. The average Bonchev–Trinajstić information content (AvgIpc) is 3.39. The number of methoxy groups -OCH3 is 1. The number of rotatable bonds is 6. The summed E-state index contributed by atoms with van der Waals surface area (Å²) in [6.45, 7) is 4.00. The molecule has 5 aromatic rings. The van der Waals surface area contributed by atoms with E-state index in [4.69, 9.17) is 16.3 Å². The van der Waals surface area contributed by atoms with Gasteiger partial charge >= 0.3 is 0 Å². The van der Waals surface area contributed by atoms with Gasteiger partial charge in [-0.25, -0.2) is 14.4 Å². The average molecular weight is 513 g/mol. The van der Waals surface area contributed by atoms with Crippen LogP contribution in [0.3, 0.4) is 0 Å². The third-order valence-corrected chi connectivity index (χ3v) is 5.91. The summed E-state index contributed by atoms with van der Waals surface area (Å²) in [4.78, 5) is 13.6. The van der Waals surface area contributed by atoms with Crippen LogP contribution in [-0.2, 0) is 0 Å². The molecule has 0 aliphatic heterocycles. The van der Waals surface area contributed by atoms with E-state index in [1.807, 2.05) is 13.8 Å². The SMILES string of the molecule is CC.CNc1ncc2cc(-c3cc(NSc4cc(Cl)cnc4OC)ccc3F)c3nncn3c2n1. The molecule has 180 valence electrons. The predicted molar refractivity (Wildman–Crippen MR) is 138 cm³/mol. The molecule has 0 aliphatic carbocycles. The van der Waals surface area contributed by atoms with E-state index in [2.05, 4.69) is 35.2 Å². The molecule has 0 atom stereocenters. The fraction of sp³-hybridized carbons (Fsp3) is 0.174. The van der Waals surface area contributed by atoms with Crippen molar-refractivity contribution < 1.29 is 9.13 Å². The molecule has 35 heavy (non-hydrogen) atoms. The molecule has 12 heteroatoms. The van der Waals surface area contributed by atoms with Crippen molar-refractivity contribution in [3.8, 4) is 17.0 Å². The molecule has 0 spiro atoms. The first-order chi connectivity index (χ1) is 17.1. The first kappa shape index (κ1) is 24.4. The molecule has 4 aromatic heterocycles. The lowest BCUT2D eigenvalue weighted by molar-refractivity contribution is 0.387. The van der Waals surface area contributed by atoms with E-state index in [0.717, 1.165) is 5.39 Å². The number of hydrogen-bond donors (Lipinski definition) is 2. The summed E-state index contributed by atoms with van der Waals surface area (Å²) in [5.41, 5.74) is 2.68. The summed E-state index contributed by atoms with van der Waals surface area (Å²) in [6, 6.07) is 8.27. The van der Waals surface area contributed by atoms with Gasteiger partial charge in [-0.2, -0.15) is 4.98 Å². The maximum absolute atomic E-state index is 15.0. The number of nitrogens with one attached hydrogen (secondary N) is 2. The monoisotopic (exact) mass is 512 g/mol. The second-order valence-electron chi connectivity index (χ2n) is 6.86. The third kappa shape index (κ3) is 4.91. The van der Waals surface area contributed by atoms with Gasteiger partial charge < -0.3 is 14.8 Å². The van der Waals surface area contributed by atoms with Crippen molar-refractivity contribution in [3.05, 3.63) is 59.9 Å². The van der Waals surface area contributed by atoms with E-state index >= 15 is 0 Å². The van der Waals surface area contributed by atoms with Crippen LogP contribution in [0.4, 0.5) is 16.0 Å². The van der Waals surface area contributed by atoms with E-state index in [0.29, 0.717) is 49.9 Å². The van der Waals surface area contributed by atoms with Crippen molar-refractivity contribution in [2.45, 2.75) is 18.7 Å². The van der Waals surface area contributed by atoms with E-state index in [1.165, 1.54) is 31.3 Å². The van der Waals surface area contributed by atoms with Crippen LogP contribution in [-0.4, -0.2) is 43.7 Å². The van der Waals surface area contributed by atoms with E-state index in [1.54, 1.807) is 48.2 Å². The zero-order valence-corrected chi connectivity index (χ0v) is 20.9. The van der Waals surface area contributed by atoms with Gasteiger partial charge in [-0.1, -0.05) is 25.4 Å². The first-order valence-corrected chi connectivity index (χ1v) is 11.9. The molecule has 0 saturated heterocycles. The number of nitrogens with zero attached hydrogens (tertiary/aromatic N) is 6. The Morgan fingerprint density at radius 2 is 1.89 bits per heavy atom. The minimum absolute atomic E-state index is 0.356. The van der Waals surface area contributed by atoms with Crippen LogP contribution in [0.15, 0.2) is 53.9 Å². The highest BCUT2D eigenvalue weighted by Crippen LogP contribution is 2.34. The van der Waals surface area contributed by atoms with E-state index < -0.39 is 5.82 Å². The summed E-state index contributed by atoms with van der Waals surface area (Å²) in [5, 5.41) is 12.3. The number of aromatic nitrogens is 6. The van der Waals surface area contributed by atoms with Crippen LogP contribution < -0.4 is 14.8 Å². The van der Waals surface area contributed by atoms with Crippen molar-refractivity contribution in [1.29, 1.82) is 0 Å². The zero-order valence-electron chi connectivity index (χ0n) is 19.4. The Hall–Kier alpha value is -3.70. The number of halogens is 2. The third-order valence-electron chi connectivity index (χ3n) is 4.85. The van der Waals surface area contributed by atoms with Gasteiger partial charge in [0.25, 0.3) is 0 Å². The minimum atomic E-state index is -0.399. The number of pyridine rings is 2. The molecule has 1 aromatic carbocycles. The summed E-state index contributed by atoms with van der Waals surface area (Å²) < 4.78 is 25.1. The second-order valence-corrected chi connectivity index (χ2v) is 8.15. The van der Waals surface area contributed by atoms with Gasteiger partial charge in [0.2, 0.25) is 11.8 Å². The van der Waals surface area contributed by atoms with Gasteiger partial charge in [0.15, 0.2) is 11.3 Å². The largest absolute Gasteiger partial charge is 0.480 e. The quantitative estimate of drug-likeness (QED) is 0.276. The number of benzene rings is 1. The summed E-state index contributed by atoms with van der Waals surface area (Å²) in [6.07, 6.45) is 4.72. The zero-order chi connectivity index (χ0) is 24.9. The topological polar surface area (TPSA) is 102 Å². The van der Waals surface area contributed by atoms with Crippen LogP contribution in [0.2, 0.25) is 5.02 Å². The summed E-state index contributed by atoms with van der Waals surface area (Å²) in [5.74, 6) is 0.495. The van der Waals surface area contributed by atoms with E-state index in [9.17, 15) is 4.39 Å². The van der Waals surface area contributed by atoms with Gasteiger partial charge in [0.1, 0.15) is 12.1 Å². The number of anilines is 2. The molecular formula is C23H22ClFN8OS. The second kappa shape index (κ2) is 10.7. The van der Waals surface area contributed by atoms with Crippen molar-refractivity contribution in [2.75, 3.05) is 24.2 Å². The van der Waals surface area contributed by atoms with Gasteiger partial charge in [0, 0.05) is 41.6 Å². The molecule has 5 rings (SSSR count). The molecule has 9 nitrogen and oxygen atoms in total. The minimum Gasteiger partial charge on any atom is -0.480 e. The predicted octanol–water partition coefficient (Wildman–Crippen LogP) is 5.72. The van der Waals surface area contributed by atoms with Gasteiger partial charge in [-0.15, -0.1) is 10.2 Å². The standard InChI is InChI=1S/C21H16ClFN8OS.C2H6/c1-24-21-26-8-11-5-15(19-29-27-10-31(19)18(11)28-21)14-7-13(3-4-16(14)23)30-33-17-6-12(22)9-25-20(17)32-2;1-2/h3-10,30H,1-2H3,(H,24,26,28);1-2H3. The van der Waals surface area contributed by atoms with Crippen LogP contribution >= 0.6 is 23.5 Å². The number of ether oxygens (including phenoxy) is 1. The molecule has 0 amide bonds. The Bertz CT molecular complexity index is 1500. The lowest BCUT2D eigenvalue weighted by atomic mass is 10.0. The highest BCUT2D eigenvalue weighted by atomic mass is 35.5. The van der Waals surface area contributed by atoms with Crippen LogP contribution in [0.5, 0.6) is 5.88 Å². The Labute approximate surface area is 210 Å². The van der Waals surface area contributed by atoms with Crippen LogP contribution in [0, 0.1) is 5.82 Å². The van der Waals surface area contributed by atoms with Gasteiger partial charge in [-0.05, 0) is 42.3 Å². The smallest absolute Gasteiger partial charge is 0.228 e. The highest BCUT2D eigenvalue weighted by Gasteiger charge is 2.16. The molecule has 0 aliphatic rings. The Balaban J connectivity index is 0.00000141. The molecule has 0 unspecified atom stereocenters. The summed E-state index contributed by atoms with van der Waals surface area (Å²) in [7, 11) is 3.27. The maximum atomic E-state index is 15.0. The molecule has 4 heterocycles. The number of fused-ring (bicyclic) bond motifs is 3. The molecule has 0 saturated carbocycles. The van der Waals surface area contributed by atoms with Crippen molar-refractivity contribution >= 4 is 51.9 Å². The fourth-order valence-electron chi connectivity index (χ4n) is 3.33.